The van der Waals surface area contributed by atoms with Gasteiger partial charge in [-0.15, -0.1) is 12.4 Å². The number of amidine groups is 1. The lowest BCUT2D eigenvalue weighted by molar-refractivity contribution is 0.101. The van der Waals surface area contributed by atoms with Crippen molar-refractivity contribution in [1.82, 2.24) is 0 Å². The number of hydrogen-bond donors (Lipinski definition) is 8. The molecule has 0 atom stereocenters. The summed E-state index contributed by atoms with van der Waals surface area (Å²) in [5.74, 6) is 2.86. The molecule has 0 spiro atoms. The second-order valence-electron chi connectivity index (χ2n) is 16.0. The van der Waals surface area contributed by atoms with Crippen LogP contribution in [-0.4, -0.2) is 71.6 Å². The first-order valence-electron chi connectivity index (χ1n) is 18.5. The van der Waals surface area contributed by atoms with Crippen LogP contribution in [0.4, 0.5) is 22.7 Å². The molecule has 0 saturated heterocycles. The van der Waals surface area contributed by atoms with Crippen molar-refractivity contribution in [2.75, 3.05) is 46.8 Å². The normalized spacial score (nSPS) is 11.5. The third-order valence-corrected chi connectivity index (χ3v) is 10.1. The summed E-state index contributed by atoms with van der Waals surface area (Å²) in [7, 11) is -4.36. The largest absolute Gasteiger partial charge is 0.492 e. The lowest BCUT2D eigenvalue weighted by atomic mass is 9.86. The highest BCUT2D eigenvalue weighted by Gasteiger charge is 2.24. The molecule has 0 unspecified atom stereocenters. The van der Waals surface area contributed by atoms with E-state index in [0.29, 0.717) is 28.1 Å². The number of halogens is 1. The van der Waals surface area contributed by atoms with Crippen molar-refractivity contribution in [3.8, 4) is 17.6 Å². The summed E-state index contributed by atoms with van der Waals surface area (Å²) in [5.41, 5.74) is 10.7. The van der Waals surface area contributed by atoms with Crippen LogP contribution in [0.5, 0.6) is 11.5 Å². The van der Waals surface area contributed by atoms with Crippen LogP contribution in [0, 0.1) is 25.2 Å². The fourth-order valence-electron chi connectivity index (χ4n) is 5.67. The summed E-state index contributed by atoms with van der Waals surface area (Å²) in [6.07, 6.45) is 2.08. The van der Waals surface area contributed by atoms with Crippen LogP contribution in [0.2, 0.25) is 0 Å². The van der Waals surface area contributed by atoms with E-state index in [0.717, 1.165) is 34.8 Å². The number of aryl methyl sites for hydroxylation is 2. The number of benzene rings is 4. The average Bonchev–Trinajstić information content (AvgIpc) is 3.16. The van der Waals surface area contributed by atoms with Crippen molar-refractivity contribution in [3.05, 3.63) is 105 Å². The number of nitrogens with one attached hydrogen (secondary N) is 4. The van der Waals surface area contributed by atoms with Crippen LogP contribution in [0.15, 0.2) is 65.8 Å². The molecule has 63 heavy (non-hydrogen) atoms. The molecule has 0 heterocycles. The molecule has 0 aromatic heterocycles. The molecule has 18 nitrogen and oxygen atoms in total. The number of amides is 2. The highest BCUT2D eigenvalue weighted by atomic mass is 35.5. The maximum Gasteiger partial charge on any atom is 0.255 e. The van der Waals surface area contributed by atoms with Crippen LogP contribution in [0.25, 0.3) is 0 Å². The Bertz CT molecular complexity index is 2600. The molecule has 2 amide bonds. The third-order valence-electron chi connectivity index (χ3n) is 8.91. The van der Waals surface area contributed by atoms with Crippen molar-refractivity contribution in [3.63, 3.8) is 0 Å². The van der Waals surface area contributed by atoms with Crippen LogP contribution < -0.4 is 41.2 Å². The summed E-state index contributed by atoms with van der Waals surface area (Å²) in [6, 6.07) is 18.6. The van der Waals surface area contributed by atoms with E-state index >= 15 is 0 Å². The van der Waals surface area contributed by atoms with E-state index in [1.165, 1.54) is 26.4 Å². The van der Waals surface area contributed by atoms with Crippen molar-refractivity contribution in [2.45, 2.75) is 66.2 Å². The Labute approximate surface area is 375 Å². The lowest BCUT2D eigenvalue weighted by Crippen LogP contribution is -2.19. The van der Waals surface area contributed by atoms with Gasteiger partial charge in [-0.2, -0.15) is 5.26 Å². The minimum absolute atomic E-state index is 0. The smallest absolute Gasteiger partial charge is 0.255 e. The molecule has 0 radical (unpaired) electrons. The topological polar surface area (TPSA) is 298 Å². The molecule has 0 saturated carbocycles. The average molecular weight is 934 g/mol. The molecule has 10 N–H and O–H groups in total. The number of ether oxygens (including phenoxy) is 2. The number of carbonyl (C=O) groups excluding carboxylic acids is 2. The van der Waals surface area contributed by atoms with Crippen molar-refractivity contribution >= 4 is 72.9 Å². The number of carbonyl (C=O) groups is 2. The Morgan fingerprint density at radius 2 is 1.05 bits per heavy atom. The first-order valence-corrected chi connectivity index (χ1v) is 22.3. The van der Waals surface area contributed by atoms with E-state index in [-0.39, 0.29) is 57.5 Å². The van der Waals surface area contributed by atoms with E-state index in [1.807, 2.05) is 41.5 Å². The Morgan fingerprint density at radius 1 is 0.683 bits per heavy atom. The maximum atomic E-state index is 13.0. The second kappa shape index (κ2) is 22.3. The van der Waals surface area contributed by atoms with Gasteiger partial charge in [0, 0.05) is 16.7 Å². The number of nitrogens with two attached hydrogens (primary N) is 2. The minimum atomic E-state index is -3.59. The summed E-state index contributed by atoms with van der Waals surface area (Å²) >= 11 is 0. The molecule has 0 aliphatic rings. The number of nitriles is 1. The van der Waals surface area contributed by atoms with Crippen LogP contribution in [0.1, 0.15) is 95.6 Å². The number of nitrogens with zero attached hydrogens (tertiary/aromatic N) is 2. The minimum Gasteiger partial charge on any atom is -0.492 e. The zero-order valence-electron chi connectivity index (χ0n) is 37.2. The maximum absolute atomic E-state index is 13.0. The summed E-state index contributed by atoms with van der Waals surface area (Å²) in [4.78, 5) is 25.8. The van der Waals surface area contributed by atoms with E-state index in [1.54, 1.807) is 62.4 Å². The van der Waals surface area contributed by atoms with Crippen molar-refractivity contribution in [1.29, 1.82) is 5.26 Å². The van der Waals surface area contributed by atoms with Gasteiger partial charge in [0.05, 0.1) is 61.1 Å². The van der Waals surface area contributed by atoms with E-state index in [2.05, 4.69) is 37.2 Å². The fourth-order valence-corrected chi connectivity index (χ4v) is 6.77. The Balaban J connectivity index is 0.000000598. The second-order valence-corrected chi connectivity index (χ2v) is 19.5. The zero-order valence-corrected chi connectivity index (χ0v) is 39.7. The van der Waals surface area contributed by atoms with Crippen LogP contribution in [-0.2, 0) is 30.9 Å². The molecule has 0 aliphatic heterocycles. The van der Waals surface area contributed by atoms with E-state index in [9.17, 15) is 31.7 Å². The number of oxime groups is 1. The Morgan fingerprint density at radius 3 is 1.38 bits per heavy atom. The van der Waals surface area contributed by atoms with Crippen molar-refractivity contribution in [2.24, 2.45) is 16.8 Å². The standard InChI is InChI=1S/C21H28N4O5S.C21H25N3O4S.ClH.H3NO/c1-12-7-8-13(9-15(12)19(22)24-27)20(26)23-16-10-14(21(2,3)4)11-17(18(16)30-5)25-31(6,28)29;1-13-7-8-14(9-15(13)12-22)20(25)23-17-10-16(21(2,3)4)11-18(19(17)28-5)24-29(6,26)27;;1-2/h7-11,25,27H,1-6H3,(H2,22,24)(H,23,26);7-11,24H,1-6H3,(H,23,25);1H;2H,1H2. The van der Waals surface area contributed by atoms with Gasteiger partial charge in [0.1, 0.15) is 0 Å². The number of sulfonamides is 2. The monoisotopic (exact) mass is 932 g/mol. The molecular weight excluding hydrogens is 876 g/mol. The Kier molecular flexibility index (Phi) is 19.4. The molecule has 4 rings (SSSR count). The van der Waals surface area contributed by atoms with Crippen molar-refractivity contribution < 1.29 is 46.3 Å². The van der Waals surface area contributed by atoms with Gasteiger partial charge >= 0.3 is 0 Å². The van der Waals surface area contributed by atoms with Gasteiger partial charge in [-0.1, -0.05) is 58.8 Å². The molecule has 0 bridgehead atoms. The summed E-state index contributed by atoms with van der Waals surface area (Å²) in [5, 5.41) is 33.2. The molecule has 0 fully saturated rings. The van der Waals surface area contributed by atoms with Gasteiger partial charge in [0.25, 0.3) is 11.8 Å². The van der Waals surface area contributed by atoms with E-state index < -0.39 is 31.9 Å². The van der Waals surface area contributed by atoms with Gasteiger partial charge in [-0.3, -0.25) is 19.0 Å². The number of anilines is 4. The molecule has 21 heteroatoms. The lowest BCUT2D eigenvalue weighted by Gasteiger charge is -2.24. The summed E-state index contributed by atoms with van der Waals surface area (Å²) in [6.45, 7) is 15.4. The highest BCUT2D eigenvalue weighted by molar-refractivity contribution is 7.92. The third kappa shape index (κ3) is 15.6. The number of methoxy groups -OCH3 is 2. The van der Waals surface area contributed by atoms with Crippen LogP contribution >= 0.6 is 12.4 Å². The predicted octanol–water partition coefficient (Wildman–Crippen LogP) is 6.57. The first-order chi connectivity index (χ1) is 28.6. The fraction of sp³-hybridized carbons (Fsp3) is 0.333. The van der Waals surface area contributed by atoms with Gasteiger partial charge in [0.2, 0.25) is 20.0 Å². The number of hydrogen-bond acceptors (Lipinski definition) is 13. The molecule has 0 aliphatic carbocycles. The van der Waals surface area contributed by atoms with Gasteiger partial charge in [-0.25, -0.2) is 22.7 Å². The van der Waals surface area contributed by atoms with E-state index in [4.69, 9.17) is 25.6 Å². The molecule has 4 aromatic rings. The summed E-state index contributed by atoms with van der Waals surface area (Å²) < 4.78 is 63.0. The quantitative estimate of drug-likeness (QED) is 0.0342. The Hall–Kier alpha value is -6.11. The van der Waals surface area contributed by atoms with Crippen LogP contribution in [0.3, 0.4) is 0 Å². The first kappa shape index (κ1) is 54.9. The zero-order chi connectivity index (χ0) is 47.5. The number of rotatable bonds is 11. The predicted molar refractivity (Wildman–Crippen MR) is 249 cm³/mol. The molecular formula is C42H57ClN8O10S2. The molecule has 4 aromatic carbocycles. The SMILES string of the molecule is COc1c(NC(=O)c2ccc(C)c(/C(N)=N/O)c2)cc(C(C)(C)C)cc1NS(C)(=O)=O.COc1c(NC(=O)c2ccc(C)c(C#N)c2)cc(C(C)(C)C)cc1NS(C)(=O)=O.Cl.NO. The van der Waals surface area contributed by atoms with Gasteiger partial charge < -0.3 is 36.3 Å². The highest BCUT2D eigenvalue weighted by Crippen LogP contribution is 2.41. The molecule has 344 valence electrons. The van der Waals surface area contributed by atoms with Gasteiger partial charge in [0.15, 0.2) is 17.3 Å². The van der Waals surface area contributed by atoms with Gasteiger partial charge in [-0.05, 0) is 95.5 Å².